The summed E-state index contributed by atoms with van der Waals surface area (Å²) in [6.45, 7) is 2.99. The standard InChI is InChI=1S/C21H26N2/c1-23(2)16-15-22-14-13-21-19-9-5-3-7-17(19)11-12-18-8-4-6-10-20(18)21/h3-10,13,22H,11-12,14-16H2,1-2H3. The minimum atomic E-state index is 0.909. The van der Waals surface area contributed by atoms with Gasteiger partial charge in [-0.15, -0.1) is 0 Å². The maximum atomic E-state index is 3.53. The molecule has 120 valence electrons. The number of fused-ring (bicyclic) bond motifs is 2. The van der Waals surface area contributed by atoms with Crippen LogP contribution in [-0.2, 0) is 12.8 Å². The lowest BCUT2D eigenvalue weighted by Gasteiger charge is -2.13. The molecule has 2 nitrogen and oxygen atoms in total. The Morgan fingerprint density at radius 1 is 0.913 bits per heavy atom. The molecule has 1 aliphatic rings. The summed E-state index contributed by atoms with van der Waals surface area (Å²) < 4.78 is 0. The first-order valence-electron chi connectivity index (χ1n) is 8.48. The molecule has 2 aromatic rings. The Morgan fingerprint density at radius 2 is 1.48 bits per heavy atom. The Morgan fingerprint density at radius 3 is 2.04 bits per heavy atom. The molecule has 2 aromatic carbocycles. The molecule has 0 aliphatic heterocycles. The average molecular weight is 306 g/mol. The highest BCUT2D eigenvalue weighted by Gasteiger charge is 2.16. The fraction of sp³-hybridized carbons (Fsp3) is 0.333. The van der Waals surface area contributed by atoms with E-state index in [1.807, 2.05) is 0 Å². The van der Waals surface area contributed by atoms with Crippen LogP contribution >= 0.6 is 0 Å². The lowest BCUT2D eigenvalue weighted by molar-refractivity contribution is 0.404. The minimum absolute atomic E-state index is 0.909. The van der Waals surface area contributed by atoms with Crippen LogP contribution in [0.2, 0.25) is 0 Å². The maximum Gasteiger partial charge on any atom is 0.0144 e. The summed E-state index contributed by atoms with van der Waals surface area (Å²) in [6.07, 6.45) is 4.61. The second-order valence-electron chi connectivity index (χ2n) is 6.44. The summed E-state index contributed by atoms with van der Waals surface area (Å²) in [6, 6.07) is 17.7. The molecule has 0 atom stereocenters. The monoisotopic (exact) mass is 306 g/mol. The number of rotatable bonds is 5. The molecule has 0 saturated carbocycles. The van der Waals surface area contributed by atoms with Crippen LogP contribution in [0, 0.1) is 0 Å². The molecule has 23 heavy (non-hydrogen) atoms. The van der Waals surface area contributed by atoms with Gasteiger partial charge in [-0.25, -0.2) is 0 Å². The number of likely N-dealkylation sites (N-methyl/N-ethyl adjacent to an activating group) is 1. The van der Waals surface area contributed by atoms with Crippen molar-refractivity contribution in [3.8, 4) is 0 Å². The highest BCUT2D eigenvalue weighted by molar-refractivity contribution is 5.84. The summed E-state index contributed by atoms with van der Waals surface area (Å²) in [4.78, 5) is 2.20. The molecule has 0 saturated heterocycles. The quantitative estimate of drug-likeness (QED) is 0.852. The van der Waals surface area contributed by atoms with Crippen molar-refractivity contribution in [2.45, 2.75) is 12.8 Å². The summed E-state index contributed by atoms with van der Waals surface area (Å²) in [5.74, 6) is 0. The zero-order valence-corrected chi connectivity index (χ0v) is 14.2. The van der Waals surface area contributed by atoms with E-state index in [1.54, 1.807) is 0 Å². The van der Waals surface area contributed by atoms with Crippen molar-refractivity contribution < 1.29 is 0 Å². The van der Waals surface area contributed by atoms with Gasteiger partial charge in [-0.2, -0.15) is 0 Å². The topological polar surface area (TPSA) is 15.3 Å². The highest BCUT2D eigenvalue weighted by Crippen LogP contribution is 2.33. The van der Waals surface area contributed by atoms with Gasteiger partial charge in [0.25, 0.3) is 0 Å². The lowest BCUT2D eigenvalue weighted by Crippen LogP contribution is -2.26. The van der Waals surface area contributed by atoms with Gasteiger partial charge in [-0.1, -0.05) is 54.6 Å². The van der Waals surface area contributed by atoms with E-state index in [-0.39, 0.29) is 0 Å². The van der Waals surface area contributed by atoms with Crippen LogP contribution < -0.4 is 5.32 Å². The van der Waals surface area contributed by atoms with Gasteiger partial charge in [0.15, 0.2) is 0 Å². The Kier molecular flexibility index (Phi) is 5.27. The Bertz CT molecular complexity index is 636. The van der Waals surface area contributed by atoms with Crippen molar-refractivity contribution in [3.63, 3.8) is 0 Å². The van der Waals surface area contributed by atoms with Crippen molar-refractivity contribution in [2.24, 2.45) is 0 Å². The number of nitrogens with zero attached hydrogens (tertiary/aromatic N) is 1. The van der Waals surface area contributed by atoms with Gasteiger partial charge in [0.05, 0.1) is 0 Å². The lowest BCUT2D eigenvalue weighted by atomic mass is 9.94. The van der Waals surface area contributed by atoms with Crippen LogP contribution in [0.5, 0.6) is 0 Å². The molecular weight excluding hydrogens is 280 g/mol. The summed E-state index contributed by atoms with van der Waals surface area (Å²) >= 11 is 0. The number of aryl methyl sites for hydroxylation is 2. The van der Waals surface area contributed by atoms with Crippen molar-refractivity contribution in [3.05, 3.63) is 76.9 Å². The average Bonchev–Trinajstić information content (AvgIpc) is 2.72. The van der Waals surface area contributed by atoms with Crippen LogP contribution in [0.3, 0.4) is 0 Å². The fourth-order valence-corrected chi connectivity index (χ4v) is 3.22. The first kappa shape index (κ1) is 16.0. The van der Waals surface area contributed by atoms with Crippen molar-refractivity contribution in [1.82, 2.24) is 10.2 Å². The zero-order valence-electron chi connectivity index (χ0n) is 14.2. The number of hydrogen-bond acceptors (Lipinski definition) is 2. The third-order valence-corrected chi connectivity index (χ3v) is 4.47. The summed E-state index contributed by atoms with van der Waals surface area (Å²) in [7, 11) is 4.22. The van der Waals surface area contributed by atoms with Crippen molar-refractivity contribution >= 4 is 5.57 Å². The summed E-state index contributed by atoms with van der Waals surface area (Å²) in [5.41, 5.74) is 7.09. The predicted octanol–water partition coefficient (Wildman–Crippen LogP) is 3.37. The molecular formula is C21H26N2. The molecule has 0 unspecified atom stereocenters. The van der Waals surface area contributed by atoms with E-state index in [2.05, 4.69) is 78.9 Å². The molecule has 0 amide bonds. The maximum absolute atomic E-state index is 3.53. The Balaban J connectivity index is 1.88. The Hall–Kier alpha value is -1.90. The first-order valence-corrected chi connectivity index (χ1v) is 8.48. The Labute approximate surface area is 139 Å². The number of benzene rings is 2. The van der Waals surface area contributed by atoms with E-state index in [4.69, 9.17) is 0 Å². The third kappa shape index (κ3) is 3.90. The van der Waals surface area contributed by atoms with Gasteiger partial charge < -0.3 is 10.2 Å². The van der Waals surface area contributed by atoms with E-state index in [9.17, 15) is 0 Å². The van der Waals surface area contributed by atoms with Crippen LogP contribution in [-0.4, -0.2) is 38.6 Å². The van der Waals surface area contributed by atoms with E-state index in [0.29, 0.717) is 0 Å². The van der Waals surface area contributed by atoms with Crippen LogP contribution in [0.25, 0.3) is 5.57 Å². The molecule has 0 spiro atoms. The normalized spacial score (nSPS) is 13.4. The molecule has 1 N–H and O–H groups in total. The van der Waals surface area contributed by atoms with E-state index >= 15 is 0 Å². The largest absolute Gasteiger partial charge is 0.312 e. The van der Waals surface area contributed by atoms with E-state index in [0.717, 1.165) is 32.5 Å². The molecule has 0 radical (unpaired) electrons. The van der Waals surface area contributed by atoms with E-state index < -0.39 is 0 Å². The molecule has 0 bridgehead atoms. The van der Waals surface area contributed by atoms with Crippen LogP contribution in [0.15, 0.2) is 54.6 Å². The van der Waals surface area contributed by atoms with Gasteiger partial charge in [0, 0.05) is 19.6 Å². The second kappa shape index (κ2) is 7.58. The SMILES string of the molecule is CN(C)CCNCC=C1c2ccccc2CCc2ccccc21. The van der Waals surface area contributed by atoms with Crippen molar-refractivity contribution in [2.75, 3.05) is 33.7 Å². The van der Waals surface area contributed by atoms with Crippen LogP contribution in [0.4, 0.5) is 0 Å². The van der Waals surface area contributed by atoms with Gasteiger partial charge in [0.2, 0.25) is 0 Å². The molecule has 3 rings (SSSR count). The first-order chi connectivity index (χ1) is 11.3. The highest BCUT2D eigenvalue weighted by atomic mass is 15.1. The predicted molar refractivity (Wildman–Crippen MR) is 98.8 cm³/mol. The zero-order chi connectivity index (χ0) is 16.1. The van der Waals surface area contributed by atoms with Gasteiger partial charge in [0.1, 0.15) is 0 Å². The number of nitrogens with one attached hydrogen (secondary N) is 1. The smallest absolute Gasteiger partial charge is 0.0144 e. The molecule has 2 heteroatoms. The molecule has 0 heterocycles. The van der Waals surface area contributed by atoms with Crippen molar-refractivity contribution in [1.29, 1.82) is 0 Å². The summed E-state index contributed by atoms with van der Waals surface area (Å²) in [5, 5.41) is 3.53. The second-order valence-corrected chi connectivity index (χ2v) is 6.44. The minimum Gasteiger partial charge on any atom is -0.312 e. The molecule has 1 aliphatic carbocycles. The molecule has 0 aromatic heterocycles. The fourth-order valence-electron chi connectivity index (χ4n) is 3.22. The third-order valence-electron chi connectivity index (χ3n) is 4.47. The van der Waals surface area contributed by atoms with Gasteiger partial charge >= 0.3 is 0 Å². The van der Waals surface area contributed by atoms with Gasteiger partial charge in [-0.05, 0) is 54.8 Å². The van der Waals surface area contributed by atoms with Gasteiger partial charge in [-0.3, -0.25) is 0 Å². The number of hydrogen-bond donors (Lipinski definition) is 1. The van der Waals surface area contributed by atoms with E-state index in [1.165, 1.54) is 27.8 Å². The molecule has 0 fully saturated rings. The van der Waals surface area contributed by atoms with Crippen LogP contribution in [0.1, 0.15) is 22.3 Å².